The average molecular weight is 262 g/mol. The van der Waals surface area contributed by atoms with E-state index in [1.807, 2.05) is 0 Å². The lowest BCUT2D eigenvalue weighted by Crippen LogP contribution is -2.28. The molecule has 1 unspecified atom stereocenters. The molecule has 0 aromatic heterocycles. The fraction of sp³-hybridized carbons (Fsp3) is 0.300. The predicted molar refractivity (Wildman–Crippen MR) is 85.8 cm³/mol. The van der Waals surface area contributed by atoms with Crippen LogP contribution in [-0.4, -0.2) is 0 Å². The Morgan fingerprint density at radius 2 is 1.40 bits per heavy atom. The van der Waals surface area contributed by atoms with Crippen LogP contribution in [0.15, 0.2) is 72.3 Å². The number of benzene rings is 2. The number of hydrogen-bond donors (Lipinski definition) is 0. The predicted octanol–water partition coefficient (Wildman–Crippen LogP) is 5.35. The summed E-state index contributed by atoms with van der Waals surface area (Å²) in [5.74, 6) is 0.644. The van der Waals surface area contributed by atoms with Gasteiger partial charge in [-0.3, -0.25) is 0 Å². The molecule has 0 amide bonds. The summed E-state index contributed by atoms with van der Waals surface area (Å²) in [6.45, 7) is 4.62. The molecule has 3 rings (SSSR count). The van der Waals surface area contributed by atoms with Gasteiger partial charge in [-0.15, -0.1) is 0 Å². The minimum absolute atomic E-state index is 0.0800. The zero-order valence-corrected chi connectivity index (χ0v) is 12.3. The van der Waals surface area contributed by atoms with Crippen molar-refractivity contribution in [2.24, 2.45) is 5.92 Å². The molecule has 0 N–H and O–H groups in total. The largest absolute Gasteiger partial charge is 0.0812 e. The SMILES string of the molecule is CCC1=CC(C)CC1(c1ccccc1)c1ccccc1. The molecular formula is C20H22. The van der Waals surface area contributed by atoms with Gasteiger partial charge in [0.1, 0.15) is 0 Å². The van der Waals surface area contributed by atoms with Crippen LogP contribution in [0.5, 0.6) is 0 Å². The maximum absolute atomic E-state index is 2.49. The van der Waals surface area contributed by atoms with Gasteiger partial charge in [-0.1, -0.05) is 86.2 Å². The third-order valence-electron chi connectivity index (χ3n) is 4.58. The average Bonchev–Trinajstić information content (AvgIpc) is 2.87. The molecule has 0 radical (unpaired) electrons. The highest BCUT2D eigenvalue weighted by atomic mass is 14.4. The van der Waals surface area contributed by atoms with Crippen molar-refractivity contribution in [3.05, 3.63) is 83.4 Å². The van der Waals surface area contributed by atoms with Crippen LogP contribution in [0.25, 0.3) is 0 Å². The molecule has 1 aliphatic rings. The molecule has 2 aromatic rings. The lowest BCUT2D eigenvalue weighted by atomic mass is 9.68. The van der Waals surface area contributed by atoms with Crippen LogP contribution in [0, 0.1) is 5.92 Å². The maximum Gasteiger partial charge on any atom is 0.0416 e. The highest BCUT2D eigenvalue weighted by Crippen LogP contribution is 2.50. The summed E-state index contributed by atoms with van der Waals surface area (Å²) in [7, 11) is 0. The third-order valence-corrected chi connectivity index (χ3v) is 4.58. The minimum Gasteiger partial charge on any atom is -0.0812 e. The first-order valence-corrected chi connectivity index (χ1v) is 7.59. The lowest BCUT2D eigenvalue weighted by Gasteiger charge is -2.34. The Labute approximate surface area is 122 Å². The molecule has 0 saturated carbocycles. The molecule has 0 saturated heterocycles. The van der Waals surface area contributed by atoms with Gasteiger partial charge in [-0.25, -0.2) is 0 Å². The number of hydrogen-bond acceptors (Lipinski definition) is 0. The van der Waals surface area contributed by atoms with Crippen molar-refractivity contribution in [1.29, 1.82) is 0 Å². The van der Waals surface area contributed by atoms with Crippen molar-refractivity contribution in [2.75, 3.05) is 0 Å². The van der Waals surface area contributed by atoms with E-state index in [9.17, 15) is 0 Å². The summed E-state index contributed by atoms with van der Waals surface area (Å²) in [5.41, 5.74) is 4.52. The van der Waals surface area contributed by atoms with Gasteiger partial charge in [0.15, 0.2) is 0 Å². The van der Waals surface area contributed by atoms with E-state index in [0.717, 1.165) is 6.42 Å². The maximum atomic E-state index is 2.49. The quantitative estimate of drug-likeness (QED) is 0.654. The molecule has 0 heteroatoms. The molecule has 1 aliphatic carbocycles. The summed E-state index contributed by atoms with van der Waals surface area (Å²) in [6, 6.07) is 22.0. The van der Waals surface area contributed by atoms with Crippen molar-refractivity contribution in [3.63, 3.8) is 0 Å². The Balaban J connectivity index is 2.22. The van der Waals surface area contributed by atoms with E-state index in [1.165, 1.54) is 17.5 Å². The molecule has 0 nitrogen and oxygen atoms in total. The fourth-order valence-corrected chi connectivity index (χ4v) is 3.80. The Bertz CT molecular complexity index is 553. The lowest BCUT2D eigenvalue weighted by molar-refractivity contribution is 0.518. The molecule has 20 heavy (non-hydrogen) atoms. The molecule has 0 spiro atoms. The van der Waals surface area contributed by atoms with Crippen LogP contribution in [0.2, 0.25) is 0 Å². The smallest absolute Gasteiger partial charge is 0.0416 e. The second-order valence-electron chi connectivity index (χ2n) is 5.86. The molecule has 0 fully saturated rings. The zero-order chi connectivity index (χ0) is 14.0. The first-order valence-electron chi connectivity index (χ1n) is 7.59. The van der Waals surface area contributed by atoms with Crippen molar-refractivity contribution in [3.8, 4) is 0 Å². The third kappa shape index (κ3) is 2.00. The van der Waals surface area contributed by atoms with Crippen molar-refractivity contribution in [1.82, 2.24) is 0 Å². The van der Waals surface area contributed by atoms with Gasteiger partial charge >= 0.3 is 0 Å². The highest BCUT2D eigenvalue weighted by Gasteiger charge is 2.41. The van der Waals surface area contributed by atoms with Gasteiger partial charge < -0.3 is 0 Å². The summed E-state index contributed by atoms with van der Waals surface area (Å²) in [6.07, 6.45) is 4.79. The highest BCUT2D eigenvalue weighted by molar-refractivity contribution is 5.51. The molecule has 0 bridgehead atoms. The Morgan fingerprint density at radius 3 is 1.85 bits per heavy atom. The van der Waals surface area contributed by atoms with E-state index >= 15 is 0 Å². The molecule has 2 aromatic carbocycles. The van der Waals surface area contributed by atoms with E-state index in [4.69, 9.17) is 0 Å². The standard InChI is InChI=1S/C20H22/c1-3-17-14-16(2)15-20(17,18-10-6-4-7-11-18)19-12-8-5-9-13-19/h4-14,16H,3,15H2,1-2H3. The summed E-state index contributed by atoms with van der Waals surface area (Å²) in [5, 5.41) is 0. The normalized spacial score (nSPS) is 20.7. The molecule has 102 valence electrons. The monoisotopic (exact) mass is 262 g/mol. The molecular weight excluding hydrogens is 240 g/mol. The molecule has 0 aliphatic heterocycles. The van der Waals surface area contributed by atoms with Gasteiger partial charge in [0.2, 0.25) is 0 Å². The molecule has 0 heterocycles. The summed E-state index contributed by atoms with van der Waals surface area (Å²) in [4.78, 5) is 0. The van der Waals surface area contributed by atoms with E-state index < -0.39 is 0 Å². The Morgan fingerprint density at radius 1 is 0.900 bits per heavy atom. The van der Waals surface area contributed by atoms with Crippen molar-refractivity contribution >= 4 is 0 Å². The van der Waals surface area contributed by atoms with Crippen LogP contribution in [0.4, 0.5) is 0 Å². The number of rotatable bonds is 3. The first kappa shape index (κ1) is 13.2. The van der Waals surface area contributed by atoms with Gasteiger partial charge in [0.05, 0.1) is 0 Å². The topological polar surface area (TPSA) is 0 Å². The van der Waals surface area contributed by atoms with E-state index in [-0.39, 0.29) is 5.41 Å². The van der Waals surface area contributed by atoms with Crippen molar-refractivity contribution < 1.29 is 0 Å². The Hall–Kier alpha value is -1.82. The minimum atomic E-state index is 0.0800. The first-order chi connectivity index (χ1) is 9.77. The van der Waals surface area contributed by atoms with Gasteiger partial charge in [0.25, 0.3) is 0 Å². The zero-order valence-electron chi connectivity index (χ0n) is 12.3. The van der Waals surface area contributed by atoms with Gasteiger partial charge in [-0.2, -0.15) is 0 Å². The Kier molecular flexibility index (Phi) is 3.48. The van der Waals surface area contributed by atoms with E-state index in [1.54, 1.807) is 5.57 Å². The second kappa shape index (κ2) is 5.28. The molecule has 1 atom stereocenters. The van der Waals surface area contributed by atoms with Crippen LogP contribution < -0.4 is 0 Å². The van der Waals surface area contributed by atoms with Crippen LogP contribution >= 0.6 is 0 Å². The fourth-order valence-electron chi connectivity index (χ4n) is 3.80. The van der Waals surface area contributed by atoms with Crippen LogP contribution in [0.1, 0.15) is 37.8 Å². The van der Waals surface area contributed by atoms with Crippen LogP contribution in [0.3, 0.4) is 0 Å². The number of allylic oxidation sites excluding steroid dienone is 2. The van der Waals surface area contributed by atoms with Crippen LogP contribution in [-0.2, 0) is 5.41 Å². The van der Waals surface area contributed by atoms with E-state index in [0.29, 0.717) is 5.92 Å². The van der Waals surface area contributed by atoms with E-state index in [2.05, 4.69) is 80.6 Å². The van der Waals surface area contributed by atoms with Crippen molar-refractivity contribution in [2.45, 2.75) is 32.1 Å². The second-order valence-corrected chi connectivity index (χ2v) is 5.86. The summed E-state index contributed by atoms with van der Waals surface area (Å²) < 4.78 is 0. The summed E-state index contributed by atoms with van der Waals surface area (Å²) >= 11 is 0. The van der Waals surface area contributed by atoms with Gasteiger partial charge in [-0.05, 0) is 29.9 Å². The van der Waals surface area contributed by atoms with Gasteiger partial charge in [0, 0.05) is 5.41 Å².